The first kappa shape index (κ1) is 24.4. The molecule has 0 aromatic rings. The van der Waals surface area contributed by atoms with Crippen molar-refractivity contribution in [3.8, 4) is 0 Å². The van der Waals surface area contributed by atoms with E-state index in [0.717, 1.165) is 0 Å². The first-order valence-electron chi connectivity index (χ1n) is 3.94. The molecule has 0 saturated carbocycles. The second kappa shape index (κ2) is 16.6. The van der Waals surface area contributed by atoms with Gasteiger partial charge in [-0.3, -0.25) is 0 Å². The minimum absolute atomic E-state index is 0. The topological polar surface area (TPSA) is 59.7 Å². The summed E-state index contributed by atoms with van der Waals surface area (Å²) in [4.78, 5) is 0. The van der Waals surface area contributed by atoms with Crippen LogP contribution < -0.4 is 0 Å². The van der Waals surface area contributed by atoms with Crippen LogP contribution in [0.3, 0.4) is 0 Å². The van der Waals surface area contributed by atoms with Crippen LogP contribution in [0.2, 0.25) is 0 Å². The molecule has 1 aliphatic rings. The molecule has 0 aromatic carbocycles. The van der Waals surface area contributed by atoms with Gasteiger partial charge in [0.05, 0.1) is 0 Å². The molecule has 0 spiro atoms. The SMILES string of the molecule is CC(C)(C)C1=C[CH]C=C1.[C-]#[O+].[C-]#[O+].[C-]#[O+].[Mn]. The van der Waals surface area contributed by atoms with Gasteiger partial charge >= 0.3 is 33.9 Å². The minimum atomic E-state index is 0. The first-order valence-corrected chi connectivity index (χ1v) is 3.94. The number of hydrogen-bond acceptors (Lipinski definition) is 0. The normalized spacial score (nSPS) is 10.7. The number of rotatable bonds is 0. The van der Waals surface area contributed by atoms with Crippen molar-refractivity contribution in [2.45, 2.75) is 20.8 Å². The van der Waals surface area contributed by atoms with Crippen molar-refractivity contribution in [2.24, 2.45) is 5.41 Å². The van der Waals surface area contributed by atoms with Crippen LogP contribution in [0.15, 0.2) is 23.8 Å². The molecule has 3 nitrogen and oxygen atoms in total. The van der Waals surface area contributed by atoms with Crippen LogP contribution in [-0.4, -0.2) is 0 Å². The van der Waals surface area contributed by atoms with Gasteiger partial charge in [-0.25, -0.2) is 0 Å². The average molecular weight is 260 g/mol. The Bertz CT molecular complexity index is 250. The third-order valence-corrected chi connectivity index (χ3v) is 1.53. The van der Waals surface area contributed by atoms with Crippen molar-refractivity contribution < 1.29 is 31.0 Å². The van der Waals surface area contributed by atoms with Gasteiger partial charge in [0.25, 0.3) is 0 Å². The molecule has 0 unspecified atom stereocenters. The summed E-state index contributed by atoms with van der Waals surface area (Å²) >= 11 is 0. The van der Waals surface area contributed by atoms with Gasteiger partial charge < -0.3 is 0 Å². The van der Waals surface area contributed by atoms with Crippen LogP contribution in [0, 0.1) is 31.8 Å². The van der Waals surface area contributed by atoms with Crippen LogP contribution in [0.25, 0.3) is 0 Å². The van der Waals surface area contributed by atoms with Crippen LogP contribution >= 0.6 is 0 Å². The van der Waals surface area contributed by atoms with E-state index in [1.54, 1.807) is 0 Å². The predicted molar refractivity (Wildman–Crippen MR) is 52.8 cm³/mol. The summed E-state index contributed by atoms with van der Waals surface area (Å²) < 4.78 is 22.5. The molecule has 0 aromatic heterocycles. The maximum atomic E-state index is 7.50. The Kier molecular flexibility index (Phi) is 25.4. The largest absolute Gasteiger partial charge is 0 e. The smallest absolute Gasteiger partial charge is 0 e. The molecule has 0 atom stereocenters. The van der Waals surface area contributed by atoms with Crippen molar-refractivity contribution in [1.29, 1.82) is 0 Å². The summed E-state index contributed by atoms with van der Waals surface area (Å²) in [6.45, 7) is 20.2. The Labute approximate surface area is 108 Å². The molecule has 86 valence electrons. The van der Waals surface area contributed by atoms with Crippen molar-refractivity contribution in [1.82, 2.24) is 0 Å². The quantitative estimate of drug-likeness (QED) is 0.365. The molecule has 0 aliphatic heterocycles. The first-order chi connectivity index (χ1) is 7.11. The monoisotopic (exact) mass is 260 g/mol. The maximum absolute atomic E-state index is 7.50. The molecule has 0 fully saturated rings. The number of allylic oxidation sites excluding steroid dienone is 4. The van der Waals surface area contributed by atoms with E-state index >= 15 is 0 Å². The van der Waals surface area contributed by atoms with Gasteiger partial charge in [0.15, 0.2) is 0 Å². The minimum Gasteiger partial charge on any atom is 0 e. The molecule has 0 N–H and O–H groups in total. The van der Waals surface area contributed by atoms with Gasteiger partial charge in [-0.15, -0.1) is 0 Å². The van der Waals surface area contributed by atoms with Gasteiger partial charge in [0, 0.05) is 23.5 Å². The Balaban J connectivity index is -0.0000000900. The van der Waals surface area contributed by atoms with Crippen molar-refractivity contribution in [3.63, 3.8) is 0 Å². The van der Waals surface area contributed by atoms with E-state index in [4.69, 9.17) is 14.0 Å². The molecule has 1 rings (SSSR count). The van der Waals surface area contributed by atoms with Crippen LogP contribution in [0.1, 0.15) is 20.8 Å². The zero-order valence-electron chi connectivity index (χ0n) is 9.41. The molecule has 0 heterocycles. The third-order valence-electron chi connectivity index (χ3n) is 1.53. The van der Waals surface area contributed by atoms with Gasteiger partial charge in [0.2, 0.25) is 0 Å². The van der Waals surface area contributed by atoms with E-state index in [-0.39, 0.29) is 17.1 Å². The molecular weight excluding hydrogens is 247 g/mol. The van der Waals surface area contributed by atoms with E-state index in [1.807, 2.05) is 0 Å². The fourth-order valence-electron chi connectivity index (χ4n) is 0.874. The van der Waals surface area contributed by atoms with E-state index in [2.05, 4.69) is 65.4 Å². The fraction of sp³-hybridized carbons (Fsp3) is 0.333. The molecule has 1 aliphatic carbocycles. The average Bonchev–Trinajstić information content (AvgIpc) is 2.79. The van der Waals surface area contributed by atoms with Crippen molar-refractivity contribution >= 4 is 0 Å². The zero-order chi connectivity index (χ0) is 12.9. The summed E-state index contributed by atoms with van der Waals surface area (Å²) in [5, 5.41) is 0. The Hall–Kier alpha value is -0.781. The molecular formula is C12H13MnO3. The molecule has 4 heteroatoms. The summed E-state index contributed by atoms with van der Waals surface area (Å²) in [6.07, 6.45) is 8.50. The standard InChI is InChI=1S/C9H13.3CO.Mn/c1-9(2,3)8-6-4-5-7-8;3*1-2;/h4-7H,1-3H3;;;;. The summed E-state index contributed by atoms with van der Waals surface area (Å²) in [6, 6.07) is 0. The molecule has 0 amide bonds. The zero-order valence-corrected chi connectivity index (χ0v) is 10.6. The molecule has 0 saturated heterocycles. The Morgan fingerprint density at radius 3 is 1.44 bits per heavy atom. The second-order valence-corrected chi connectivity index (χ2v) is 3.42. The summed E-state index contributed by atoms with van der Waals surface area (Å²) in [5.41, 5.74) is 1.74. The van der Waals surface area contributed by atoms with Gasteiger partial charge in [-0.2, -0.15) is 0 Å². The van der Waals surface area contributed by atoms with Crippen molar-refractivity contribution in [2.75, 3.05) is 0 Å². The third kappa shape index (κ3) is 13.2. The molecule has 0 bridgehead atoms. The van der Waals surface area contributed by atoms with E-state index in [0.29, 0.717) is 5.41 Å². The van der Waals surface area contributed by atoms with Crippen molar-refractivity contribution in [3.05, 3.63) is 50.2 Å². The van der Waals surface area contributed by atoms with Gasteiger partial charge in [-0.05, 0) is 11.0 Å². The van der Waals surface area contributed by atoms with Crippen LogP contribution in [0.5, 0.6) is 0 Å². The van der Waals surface area contributed by atoms with Crippen LogP contribution in [-0.2, 0) is 31.0 Å². The predicted octanol–water partition coefficient (Wildman–Crippen LogP) is 2.62. The Morgan fingerprint density at radius 2 is 1.31 bits per heavy atom. The van der Waals surface area contributed by atoms with Crippen LogP contribution in [0.4, 0.5) is 0 Å². The summed E-state index contributed by atoms with van der Waals surface area (Å²) in [5.74, 6) is 0. The molecule has 16 heavy (non-hydrogen) atoms. The second-order valence-electron chi connectivity index (χ2n) is 3.42. The Morgan fingerprint density at radius 1 is 0.938 bits per heavy atom. The number of hydrogen-bond donors (Lipinski definition) is 0. The fourth-order valence-corrected chi connectivity index (χ4v) is 0.874. The molecule has 2 radical (unpaired) electrons. The van der Waals surface area contributed by atoms with Gasteiger partial charge in [-0.1, -0.05) is 39.0 Å². The summed E-state index contributed by atoms with van der Waals surface area (Å²) in [7, 11) is 0. The van der Waals surface area contributed by atoms with E-state index < -0.39 is 0 Å². The van der Waals surface area contributed by atoms with E-state index in [1.165, 1.54) is 5.57 Å². The van der Waals surface area contributed by atoms with E-state index in [9.17, 15) is 0 Å². The maximum Gasteiger partial charge on any atom is 0 e. The van der Waals surface area contributed by atoms with Gasteiger partial charge in [0.1, 0.15) is 0 Å².